The minimum atomic E-state index is -0.540. The molecule has 0 radical (unpaired) electrons. The van der Waals surface area contributed by atoms with Crippen molar-refractivity contribution in [2.75, 3.05) is 21.3 Å². The molecule has 8 nitrogen and oxygen atoms in total. The summed E-state index contributed by atoms with van der Waals surface area (Å²) in [7, 11) is 4.37. The Morgan fingerprint density at radius 2 is 1.73 bits per heavy atom. The van der Waals surface area contributed by atoms with Crippen LogP contribution < -0.4 is 24.3 Å². The van der Waals surface area contributed by atoms with Gasteiger partial charge in [-0.1, -0.05) is 12.1 Å². The van der Waals surface area contributed by atoms with Gasteiger partial charge in [-0.2, -0.15) is 5.26 Å². The second kappa shape index (κ2) is 10.5. The van der Waals surface area contributed by atoms with Gasteiger partial charge >= 0.3 is 5.97 Å². The molecule has 0 aliphatic rings. The summed E-state index contributed by atoms with van der Waals surface area (Å²) >= 11 is 0. The zero-order valence-corrected chi connectivity index (χ0v) is 17.1. The Kier molecular flexibility index (Phi) is 7.82. The number of ether oxygens (including phenoxy) is 4. The van der Waals surface area contributed by atoms with Gasteiger partial charge in [-0.25, -0.2) is 0 Å². The lowest BCUT2D eigenvalue weighted by Crippen LogP contribution is -2.23. The molecule has 0 aliphatic carbocycles. The van der Waals surface area contributed by atoms with Crippen LogP contribution in [0.4, 0.5) is 0 Å². The molecule has 0 unspecified atom stereocenters. The molecular weight excluding hydrogens is 388 g/mol. The minimum absolute atomic E-state index is 0.109. The summed E-state index contributed by atoms with van der Waals surface area (Å²) in [4.78, 5) is 23.8. The van der Waals surface area contributed by atoms with Crippen molar-refractivity contribution >= 4 is 18.0 Å². The van der Waals surface area contributed by atoms with Gasteiger partial charge in [-0.3, -0.25) is 9.59 Å². The highest BCUT2D eigenvalue weighted by Crippen LogP contribution is 2.39. The number of amides is 1. The van der Waals surface area contributed by atoms with E-state index in [2.05, 4.69) is 5.32 Å². The molecule has 0 saturated carbocycles. The van der Waals surface area contributed by atoms with Crippen molar-refractivity contribution < 1.29 is 28.5 Å². The van der Waals surface area contributed by atoms with Crippen molar-refractivity contribution in [3.05, 3.63) is 53.1 Å². The summed E-state index contributed by atoms with van der Waals surface area (Å²) in [5.41, 5.74) is 1.18. The van der Waals surface area contributed by atoms with Crippen molar-refractivity contribution in [3.8, 4) is 29.1 Å². The summed E-state index contributed by atoms with van der Waals surface area (Å²) in [6, 6.07) is 12.2. The van der Waals surface area contributed by atoms with Gasteiger partial charge in [0.15, 0.2) is 11.5 Å². The Balaban J connectivity index is 2.26. The van der Waals surface area contributed by atoms with Gasteiger partial charge in [0.1, 0.15) is 17.4 Å². The number of nitrogens with zero attached hydrogens (tertiary/aromatic N) is 1. The van der Waals surface area contributed by atoms with E-state index in [1.165, 1.54) is 39.4 Å². The van der Waals surface area contributed by atoms with Gasteiger partial charge in [0.25, 0.3) is 5.91 Å². The predicted octanol–water partition coefficient (Wildman–Crippen LogP) is 2.86. The minimum Gasteiger partial charge on any atom is -0.497 e. The topological polar surface area (TPSA) is 107 Å². The van der Waals surface area contributed by atoms with Crippen LogP contribution >= 0.6 is 0 Å². The van der Waals surface area contributed by atoms with Crippen LogP contribution in [0.25, 0.3) is 6.08 Å². The normalized spacial score (nSPS) is 10.6. The predicted molar refractivity (Wildman–Crippen MR) is 109 cm³/mol. The number of esters is 1. The van der Waals surface area contributed by atoms with E-state index >= 15 is 0 Å². The molecule has 0 aromatic heterocycles. The molecule has 156 valence electrons. The number of methoxy groups -OCH3 is 3. The number of carbonyl (C=O) groups is 2. The molecule has 0 aliphatic heterocycles. The standard InChI is InChI=1S/C22H22N2O6/c1-14(25)30-21-19(28-3)10-16(11-20(21)29-4)8-17(12-23)22(26)24-13-15-6-5-7-18(9-15)27-2/h5-11H,13H2,1-4H3,(H,24,26). The Bertz CT molecular complexity index is 982. The maximum Gasteiger partial charge on any atom is 0.308 e. The van der Waals surface area contributed by atoms with Crippen molar-refractivity contribution in [2.45, 2.75) is 13.5 Å². The smallest absolute Gasteiger partial charge is 0.308 e. The number of rotatable bonds is 8. The number of benzene rings is 2. The highest BCUT2D eigenvalue weighted by molar-refractivity contribution is 6.01. The maximum atomic E-state index is 12.5. The third-order valence-electron chi connectivity index (χ3n) is 3.99. The molecule has 0 spiro atoms. The van der Waals surface area contributed by atoms with Crippen molar-refractivity contribution in [1.82, 2.24) is 5.32 Å². The first kappa shape index (κ1) is 22.3. The number of nitrogens with one attached hydrogen (secondary N) is 1. The van der Waals surface area contributed by atoms with Crippen LogP contribution in [-0.4, -0.2) is 33.2 Å². The molecule has 0 fully saturated rings. The first-order chi connectivity index (χ1) is 14.4. The quantitative estimate of drug-likeness (QED) is 0.309. The van der Waals surface area contributed by atoms with E-state index in [-0.39, 0.29) is 29.4 Å². The first-order valence-electron chi connectivity index (χ1n) is 8.89. The molecule has 0 saturated heterocycles. The van der Waals surface area contributed by atoms with Crippen LogP contribution in [-0.2, 0) is 16.1 Å². The monoisotopic (exact) mass is 410 g/mol. The highest BCUT2D eigenvalue weighted by Gasteiger charge is 2.17. The van der Waals surface area contributed by atoms with Crippen LogP contribution in [0.5, 0.6) is 23.0 Å². The summed E-state index contributed by atoms with van der Waals surface area (Å²) in [5.74, 6) is 0.164. The number of hydrogen-bond donors (Lipinski definition) is 1. The Labute approximate surface area is 174 Å². The zero-order valence-electron chi connectivity index (χ0n) is 17.1. The Morgan fingerprint density at radius 1 is 1.07 bits per heavy atom. The van der Waals surface area contributed by atoms with E-state index in [0.29, 0.717) is 11.3 Å². The average molecular weight is 410 g/mol. The van der Waals surface area contributed by atoms with Gasteiger partial charge in [0.2, 0.25) is 5.75 Å². The maximum absolute atomic E-state index is 12.5. The molecule has 2 aromatic carbocycles. The Hall–Kier alpha value is -3.99. The fourth-order valence-corrected chi connectivity index (χ4v) is 2.60. The number of hydrogen-bond acceptors (Lipinski definition) is 7. The molecule has 0 heterocycles. The number of nitriles is 1. The molecule has 2 aromatic rings. The fourth-order valence-electron chi connectivity index (χ4n) is 2.60. The summed E-state index contributed by atoms with van der Waals surface area (Å²) in [6.45, 7) is 1.49. The van der Waals surface area contributed by atoms with E-state index in [1.807, 2.05) is 18.2 Å². The lowest BCUT2D eigenvalue weighted by Gasteiger charge is -2.13. The van der Waals surface area contributed by atoms with Crippen molar-refractivity contribution in [3.63, 3.8) is 0 Å². The molecule has 8 heteroatoms. The SMILES string of the molecule is COc1cccc(CNC(=O)C(C#N)=Cc2cc(OC)c(OC(C)=O)c(OC)c2)c1. The van der Waals surface area contributed by atoms with Crippen LogP contribution in [0.2, 0.25) is 0 Å². The van der Waals surface area contributed by atoms with Crippen LogP contribution in [0, 0.1) is 11.3 Å². The average Bonchev–Trinajstić information content (AvgIpc) is 2.76. The second-order valence-electron chi connectivity index (χ2n) is 6.05. The third-order valence-corrected chi connectivity index (χ3v) is 3.99. The van der Waals surface area contributed by atoms with Crippen LogP contribution in [0.1, 0.15) is 18.1 Å². The van der Waals surface area contributed by atoms with Gasteiger partial charge in [0, 0.05) is 13.5 Å². The largest absolute Gasteiger partial charge is 0.497 e. The Morgan fingerprint density at radius 3 is 2.27 bits per heavy atom. The van der Waals surface area contributed by atoms with Crippen LogP contribution in [0.3, 0.4) is 0 Å². The second-order valence-corrected chi connectivity index (χ2v) is 6.05. The number of carbonyl (C=O) groups excluding carboxylic acids is 2. The third kappa shape index (κ3) is 5.75. The van der Waals surface area contributed by atoms with E-state index < -0.39 is 11.9 Å². The highest BCUT2D eigenvalue weighted by atomic mass is 16.6. The van der Waals surface area contributed by atoms with E-state index in [4.69, 9.17) is 18.9 Å². The molecule has 1 amide bonds. The van der Waals surface area contributed by atoms with Crippen molar-refractivity contribution in [2.24, 2.45) is 0 Å². The van der Waals surface area contributed by atoms with Crippen molar-refractivity contribution in [1.29, 1.82) is 5.26 Å². The summed E-state index contributed by atoms with van der Waals surface area (Å²) in [5, 5.41) is 12.1. The molecule has 1 N–H and O–H groups in total. The zero-order chi connectivity index (χ0) is 22.1. The van der Waals surface area contributed by atoms with Gasteiger partial charge in [-0.05, 0) is 41.5 Å². The summed E-state index contributed by atoms with van der Waals surface area (Å²) < 4.78 is 20.8. The van der Waals surface area contributed by atoms with Crippen LogP contribution in [0.15, 0.2) is 42.0 Å². The molecular formula is C22H22N2O6. The van der Waals surface area contributed by atoms with Gasteiger partial charge < -0.3 is 24.3 Å². The molecule has 0 atom stereocenters. The van der Waals surface area contributed by atoms with E-state index in [1.54, 1.807) is 19.2 Å². The van der Waals surface area contributed by atoms with E-state index in [9.17, 15) is 14.9 Å². The van der Waals surface area contributed by atoms with Gasteiger partial charge in [0.05, 0.1) is 21.3 Å². The van der Waals surface area contributed by atoms with Gasteiger partial charge in [-0.15, -0.1) is 0 Å². The lowest BCUT2D eigenvalue weighted by atomic mass is 10.1. The lowest BCUT2D eigenvalue weighted by molar-refractivity contribution is -0.132. The summed E-state index contributed by atoms with van der Waals surface area (Å²) in [6.07, 6.45) is 1.39. The first-order valence-corrected chi connectivity index (χ1v) is 8.89. The molecule has 0 bridgehead atoms. The fraction of sp³-hybridized carbons (Fsp3) is 0.227. The van der Waals surface area contributed by atoms with E-state index in [0.717, 1.165) is 5.56 Å². The molecule has 30 heavy (non-hydrogen) atoms. The molecule has 2 rings (SSSR count).